The first kappa shape index (κ1) is 22.3. The number of rotatable bonds is 5. The number of alkyl halides is 6. The van der Waals surface area contributed by atoms with Crippen LogP contribution in [0, 0.1) is 0 Å². The van der Waals surface area contributed by atoms with Gasteiger partial charge in [-0.25, -0.2) is 0 Å². The van der Waals surface area contributed by atoms with E-state index >= 15 is 0 Å². The van der Waals surface area contributed by atoms with E-state index in [1.54, 1.807) is 0 Å². The molecule has 0 heterocycles. The molecule has 0 aliphatic heterocycles. The third kappa shape index (κ3) is 6.04. The highest BCUT2D eigenvalue weighted by atomic mass is 19.4. The smallest absolute Gasteiger partial charge is 0.166 e. The molecule has 31 heavy (non-hydrogen) atoms. The van der Waals surface area contributed by atoms with Gasteiger partial charge in [0.1, 0.15) is 5.71 Å². The Kier molecular flexibility index (Phi) is 6.58. The lowest BCUT2D eigenvalue weighted by molar-refractivity contribution is -0.143. The highest BCUT2D eigenvalue weighted by Crippen LogP contribution is 2.36. The first-order valence-corrected chi connectivity index (χ1v) is 9.13. The summed E-state index contributed by atoms with van der Waals surface area (Å²) >= 11 is 0. The summed E-state index contributed by atoms with van der Waals surface area (Å²) in [6.45, 7) is 0. The molecule has 0 aliphatic carbocycles. The summed E-state index contributed by atoms with van der Waals surface area (Å²) in [7, 11) is 0. The van der Waals surface area contributed by atoms with Crippen molar-refractivity contribution in [2.24, 2.45) is 10.2 Å². The van der Waals surface area contributed by atoms with Crippen LogP contribution >= 0.6 is 0 Å². The molecule has 0 aromatic heterocycles. The maximum Gasteiger partial charge on any atom is 0.416 e. The maximum absolute atomic E-state index is 13.0. The van der Waals surface area contributed by atoms with E-state index in [2.05, 4.69) is 10.2 Å². The van der Waals surface area contributed by atoms with Gasteiger partial charge in [0.15, 0.2) is 0 Å². The molecule has 0 amide bonds. The van der Waals surface area contributed by atoms with E-state index in [4.69, 9.17) is 0 Å². The van der Waals surface area contributed by atoms with Gasteiger partial charge in [-0.1, -0.05) is 60.7 Å². The summed E-state index contributed by atoms with van der Waals surface area (Å²) in [5.74, 6) is 0. The molecule has 160 valence electrons. The number of nitrogens with zero attached hydrogens (tertiary/aromatic N) is 2. The summed E-state index contributed by atoms with van der Waals surface area (Å²) in [5.41, 5.74) is -0.819. The molecule has 0 atom stereocenters. The Hall–Kier alpha value is -3.42. The Bertz CT molecular complexity index is 995. The minimum absolute atomic E-state index is 0.0989. The number of hydrogen-bond acceptors (Lipinski definition) is 2. The van der Waals surface area contributed by atoms with Crippen LogP contribution in [-0.4, -0.2) is 11.9 Å². The van der Waals surface area contributed by atoms with Gasteiger partial charge in [0, 0.05) is 23.8 Å². The second-order valence-corrected chi connectivity index (χ2v) is 6.60. The van der Waals surface area contributed by atoms with Crippen LogP contribution in [0.3, 0.4) is 0 Å². The predicted octanol–water partition coefficient (Wildman–Crippen LogP) is 6.79. The monoisotopic (exact) mass is 434 g/mol. The molecule has 0 N–H and O–H groups in total. The fourth-order valence-corrected chi connectivity index (χ4v) is 2.86. The van der Waals surface area contributed by atoms with Crippen molar-refractivity contribution in [1.82, 2.24) is 0 Å². The van der Waals surface area contributed by atoms with Crippen molar-refractivity contribution in [2.45, 2.75) is 18.8 Å². The molecule has 3 aromatic rings. The third-order valence-electron chi connectivity index (χ3n) is 4.31. The van der Waals surface area contributed by atoms with Crippen molar-refractivity contribution in [3.8, 4) is 0 Å². The zero-order valence-electron chi connectivity index (χ0n) is 16.0. The second kappa shape index (κ2) is 9.16. The normalized spacial score (nSPS) is 12.2. The summed E-state index contributed by atoms with van der Waals surface area (Å²) in [4.78, 5) is 0. The molecule has 0 bridgehead atoms. The molecule has 8 heteroatoms. The zero-order chi connectivity index (χ0) is 22.5. The molecule has 0 spiro atoms. The molecule has 0 radical (unpaired) electrons. The zero-order valence-corrected chi connectivity index (χ0v) is 16.0. The molecule has 0 fully saturated rings. The molecule has 3 rings (SSSR count). The quantitative estimate of drug-likeness (QED) is 0.240. The first-order valence-electron chi connectivity index (χ1n) is 9.13. The van der Waals surface area contributed by atoms with Gasteiger partial charge >= 0.3 is 12.4 Å². The Morgan fingerprint density at radius 2 is 1.13 bits per heavy atom. The lowest BCUT2D eigenvalue weighted by Gasteiger charge is -2.13. The van der Waals surface area contributed by atoms with Gasteiger partial charge in [0.05, 0.1) is 11.1 Å². The van der Waals surface area contributed by atoms with Crippen molar-refractivity contribution >= 4 is 11.9 Å². The number of hydrogen-bond donors (Lipinski definition) is 0. The minimum Gasteiger partial charge on any atom is -0.166 e. The van der Waals surface area contributed by atoms with Crippen molar-refractivity contribution < 1.29 is 26.3 Å². The lowest BCUT2D eigenvalue weighted by atomic mass is 10.0. The highest BCUT2D eigenvalue weighted by Gasteiger charge is 2.36. The molecule has 0 saturated heterocycles. The van der Waals surface area contributed by atoms with Crippen LogP contribution in [0.15, 0.2) is 89.1 Å². The SMILES string of the molecule is FC(F)(F)c1cc(CC=NN=C(c2ccccc2)c2ccccc2)cc(C(F)(F)F)c1. The van der Waals surface area contributed by atoms with E-state index in [9.17, 15) is 26.3 Å². The molecular weight excluding hydrogens is 418 g/mol. The second-order valence-electron chi connectivity index (χ2n) is 6.60. The van der Waals surface area contributed by atoms with Crippen molar-refractivity contribution in [2.75, 3.05) is 0 Å². The van der Waals surface area contributed by atoms with E-state index in [1.165, 1.54) is 6.21 Å². The fraction of sp³-hybridized carbons (Fsp3) is 0.130. The van der Waals surface area contributed by atoms with Gasteiger partial charge in [-0.05, 0) is 23.8 Å². The van der Waals surface area contributed by atoms with E-state index in [1.807, 2.05) is 60.7 Å². The fourth-order valence-electron chi connectivity index (χ4n) is 2.86. The minimum atomic E-state index is -4.89. The van der Waals surface area contributed by atoms with Crippen LogP contribution in [0.25, 0.3) is 0 Å². The van der Waals surface area contributed by atoms with Crippen molar-refractivity contribution in [1.29, 1.82) is 0 Å². The van der Waals surface area contributed by atoms with Crippen molar-refractivity contribution in [3.05, 3.63) is 107 Å². The van der Waals surface area contributed by atoms with E-state index < -0.39 is 23.5 Å². The average molecular weight is 434 g/mol. The largest absolute Gasteiger partial charge is 0.416 e. The van der Waals surface area contributed by atoms with Gasteiger partial charge in [0.25, 0.3) is 0 Å². The summed E-state index contributed by atoms with van der Waals surface area (Å²) in [6.07, 6.45) is -8.84. The van der Waals surface area contributed by atoms with Crippen LogP contribution in [0.1, 0.15) is 27.8 Å². The number of benzene rings is 3. The highest BCUT2D eigenvalue weighted by molar-refractivity contribution is 6.12. The van der Waals surface area contributed by atoms with Gasteiger partial charge in [-0.2, -0.15) is 36.5 Å². The topological polar surface area (TPSA) is 24.7 Å². The van der Waals surface area contributed by atoms with Crippen molar-refractivity contribution in [3.63, 3.8) is 0 Å². The summed E-state index contributed by atoms with van der Waals surface area (Å²) in [6, 6.07) is 19.7. The van der Waals surface area contributed by atoms with Gasteiger partial charge in [-0.15, -0.1) is 0 Å². The standard InChI is InChI=1S/C23H16F6N2/c24-22(25,26)19-13-16(14-20(15-19)23(27,28)29)11-12-30-31-21(17-7-3-1-4-8-17)18-9-5-2-6-10-18/h1-10,12-15H,11H2. The van der Waals surface area contributed by atoms with E-state index in [0.717, 1.165) is 11.1 Å². The molecule has 2 nitrogen and oxygen atoms in total. The average Bonchev–Trinajstić information content (AvgIpc) is 2.73. The Labute approximate surface area is 174 Å². The molecule has 0 saturated carbocycles. The van der Waals surface area contributed by atoms with Gasteiger partial charge in [0.2, 0.25) is 0 Å². The molecule has 0 aliphatic rings. The van der Waals surface area contributed by atoms with Gasteiger partial charge in [-0.3, -0.25) is 0 Å². The molecule has 3 aromatic carbocycles. The Morgan fingerprint density at radius 3 is 1.55 bits per heavy atom. The molecular formula is C23H16F6N2. The first-order chi connectivity index (χ1) is 14.6. The van der Waals surface area contributed by atoms with Crippen LogP contribution in [0.2, 0.25) is 0 Å². The van der Waals surface area contributed by atoms with Crippen LogP contribution in [-0.2, 0) is 18.8 Å². The van der Waals surface area contributed by atoms with Crippen LogP contribution in [0.5, 0.6) is 0 Å². The van der Waals surface area contributed by atoms with Gasteiger partial charge < -0.3 is 0 Å². The van der Waals surface area contributed by atoms with Crippen LogP contribution in [0.4, 0.5) is 26.3 Å². The number of halogens is 6. The predicted molar refractivity (Wildman–Crippen MR) is 107 cm³/mol. The van der Waals surface area contributed by atoms with E-state index in [0.29, 0.717) is 17.8 Å². The summed E-state index contributed by atoms with van der Waals surface area (Å²) in [5, 5.41) is 8.07. The molecule has 0 unspecified atom stereocenters. The Balaban J connectivity index is 1.90. The van der Waals surface area contributed by atoms with E-state index in [-0.39, 0.29) is 18.1 Å². The third-order valence-corrected chi connectivity index (χ3v) is 4.31. The summed E-state index contributed by atoms with van der Waals surface area (Å²) < 4.78 is 77.9. The Morgan fingerprint density at radius 1 is 0.677 bits per heavy atom. The lowest BCUT2D eigenvalue weighted by Crippen LogP contribution is -2.12. The van der Waals surface area contributed by atoms with Crippen LogP contribution < -0.4 is 0 Å². The maximum atomic E-state index is 13.0.